The lowest BCUT2D eigenvalue weighted by atomic mass is 9.43. The van der Waals surface area contributed by atoms with Crippen molar-refractivity contribution < 1.29 is 56.6 Å². The molecule has 16 heteroatoms. The minimum absolute atomic E-state index is 0.145. The Morgan fingerprint density at radius 2 is 1.29 bits per heavy atom. The smallest absolute Gasteiger partial charge is 0.393 e. The normalized spacial score (nSPS) is 42.3. The highest BCUT2D eigenvalue weighted by Gasteiger charge is 2.66. The maximum atomic E-state index is 12.1. The molecule has 0 saturated heterocycles. The molecule has 0 aromatic heterocycles. The molecule has 0 aliphatic heterocycles. The van der Waals surface area contributed by atoms with Crippen molar-refractivity contribution in [1.29, 1.82) is 0 Å². The summed E-state index contributed by atoms with van der Waals surface area (Å²) in [7, 11) is -15.2. The van der Waals surface area contributed by atoms with Gasteiger partial charge in [0.2, 0.25) is 0 Å². The summed E-state index contributed by atoms with van der Waals surface area (Å²) in [5.41, 5.74) is -1.04. The molecule has 13 nitrogen and oxygen atoms in total. The Bertz CT molecular complexity index is 1410. The van der Waals surface area contributed by atoms with Crippen molar-refractivity contribution >= 4 is 31.2 Å². The van der Waals surface area contributed by atoms with Crippen LogP contribution in [-0.4, -0.2) is 68.4 Å². The van der Waals surface area contributed by atoms with E-state index in [0.717, 1.165) is 19.3 Å². The molecule has 0 spiro atoms. The first kappa shape index (κ1) is 37.4. The molecule has 4 fully saturated rings. The Balaban J connectivity index is 1.70. The summed E-state index contributed by atoms with van der Waals surface area (Å²) in [6, 6.07) is 0. The third-order valence-electron chi connectivity index (χ3n) is 12.6. The van der Waals surface area contributed by atoms with Crippen LogP contribution in [0.15, 0.2) is 0 Å². The number of hydrogen-bond acceptors (Lipinski definition) is 10. The van der Waals surface area contributed by atoms with Gasteiger partial charge in [-0.25, -0.2) is 12.5 Å². The van der Waals surface area contributed by atoms with Gasteiger partial charge in [0.25, 0.3) is 0 Å². The highest BCUT2D eigenvalue weighted by Crippen LogP contribution is 2.69. The van der Waals surface area contributed by atoms with Crippen molar-refractivity contribution in [3.8, 4) is 0 Å². The average molecular weight is 705 g/mol. The highest BCUT2D eigenvalue weighted by molar-refractivity contribution is 7.81. The number of fused-ring (bicyclic) bond motifs is 5. The van der Waals surface area contributed by atoms with Gasteiger partial charge in [-0.1, -0.05) is 54.9 Å². The van der Waals surface area contributed by atoms with Crippen LogP contribution in [-0.2, 0) is 43.7 Å². The van der Waals surface area contributed by atoms with E-state index in [1.807, 2.05) is 6.92 Å². The summed E-state index contributed by atoms with van der Waals surface area (Å²) >= 11 is 0. The summed E-state index contributed by atoms with van der Waals surface area (Å²) in [5.74, 6) is -0.419. The second-order valence-corrected chi connectivity index (χ2v) is 19.2. The van der Waals surface area contributed by atoms with Crippen LogP contribution in [0.2, 0.25) is 0 Å². The monoisotopic (exact) mass is 704 g/mol. The molecule has 4 N–H and O–H groups in total. The zero-order valence-corrected chi connectivity index (χ0v) is 29.6. The third kappa shape index (κ3) is 8.07. The number of aliphatic hydroxyl groups is 1. The second-order valence-electron chi connectivity index (χ2n) is 16.0. The molecule has 0 bridgehead atoms. The summed E-state index contributed by atoms with van der Waals surface area (Å²) in [5, 5.41) is 11.7. The van der Waals surface area contributed by atoms with Gasteiger partial charge >= 0.3 is 31.2 Å². The summed E-state index contributed by atoms with van der Waals surface area (Å²) in [6.45, 7) is 15.2. The topological polar surface area (TPSA) is 211 Å². The molecule has 4 aliphatic carbocycles. The molecule has 4 saturated carbocycles. The molecule has 0 heterocycles. The lowest BCUT2D eigenvalue weighted by molar-refractivity contribution is -0.191. The van der Waals surface area contributed by atoms with E-state index in [2.05, 4.69) is 41.5 Å². The quantitative estimate of drug-likeness (QED) is 0.231. The zero-order chi connectivity index (χ0) is 34.1. The van der Waals surface area contributed by atoms with Gasteiger partial charge in [-0.05, 0) is 103 Å². The van der Waals surface area contributed by atoms with Crippen LogP contribution in [0.4, 0.5) is 0 Å². The van der Waals surface area contributed by atoms with Gasteiger partial charge < -0.3 is 5.11 Å². The maximum absolute atomic E-state index is 12.1. The van der Waals surface area contributed by atoms with Crippen LogP contribution >= 0.6 is 0 Å². The van der Waals surface area contributed by atoms with Crippen molar-refractivity contribution in [3.05, 3.63) is 0 Å². The van der Waals surface area contributed by atoms with Crippen molar-refractivity contribution in [3.63, 3.8) is 0 Å². The minimum atomic E-state index is -5.10. The van der Waals surface area contributed by atoms with Crippen molar-refractivity contribution in [2.75, 3.05) is 0 Å². The molecular weight excluding hydrogens is 653 g/mol. The minimum Gasteiger partial charge on any atom is -0.393 e. The molecule has 13 atom stereocenters. The van der Waals surface area contributed by atoms with Gasteiger partial charge in [-0.2, -0.15) is 25.3 Å². The molecule has 45 heavy (non-hydrogen) atoms. The van der Waals surface area contributed by atoms with Crippen molar-refractivity contribution in [2.45, 2.75) is 124 Å². The maximum Gasteiger partial charge on any atom is 0.397 e. The Hall–Kier alpha value is -0.430. The SMILES string of the molecule is CC(CCC(C)C(C)(C)C)C1CC(O)C2C3CC(OS(=O)(=O)O)C4CC(OS(=O)(=O)O)C(OS(=O)(=O)O)CC4(C)C3CCC12C. The lowest BCUT2D eigenvalue weighted by Crippen LogP contribution is -2.62. The molecule has 0 amide bonds. The Labute approximate surface area is 269 Å². The first-order chi connectivity index (χ1) is 20.3. The number of hydrogen-bond donors (Lipinski definition) is 4. The van der Waals surface area contributed by atoms with Crippen molar-refractivity contribution in [1.82, 2.24) is 0 Å². The molecule has 4 rings (SSSR count). The van der Waals surface area contributed by atoms with Crippen LogP contribution in [0.3, 0.4) is 0 Å². The van der Waals surface area contributed by atoms with Gasteiger partial charge in [0, 0.05) is 0 Å². The molecule has 264 valence electrons. The van der Waals surface area contributed by atoms with E-state index in [-0.39, 0.29) is 53.8 Å². The predicted octanol–water partition coefficient (Wildman–Crippen LogP) is 4.50. The van der Waals surface area contributed by atoms with Crippen LogP contribution in [0.5, 0.6) is 0 Å². The van der Waals surface area contributed by atoms with E-state index < -0.39 is 66.9 Å². The number of rotatable bonds is 10. The fourth-order valence-electron chi connectivity index (χ4n) is 10.2. The fraction of sp³-hybridized carbons (Fsp3) is 1.00. The summed E-state index contributed by atoms with van der Waals surface area (Å²) < 4.78 is 115. The van der Waals surface area contributed by atoms with E-state index >= 15 is 0 Å². The first-order valence-electron chi connectivity index (χ1n) is 15.9. The van der Waals surface area contributed by atoms with E-state index in [9.17, 15) is 44.0 Å². The largest absolute Gasteiger partial charge is 0.397 e. The second kappa shape index (κ2) is 12.5. The standard InChI is InChI=1S/C29H52O13S3/c1-16(8-9-17(2)27(3,4)5)20-13-22(30)26-18-12-23(40-43(31,32)33)21-14-24(41-44(34,35)36)25(42-45(37,38)39)15-29(21,7)19(18)10-11-28(20,26)6/h16-26,30H,8-15H2,1-7H3,(H,31,32,33)(H,34,35,36)(H,37,38,39). The molecule has 4 aliphatic rings. The molecule has 13 unspecified atom stereocenters. The van der Waals surface area contributed by atoms with Gasteiger partial charge in [-0.15, -0.1) is 0 Å². The van der Waals surface area contributed by atoms with Crippen molar-refractivity contribution in [2.24, 2.45) is 57.7 Å². The lowest BCUT2D eigenvalue weighted by Gasteiger charge is -2.63. The van der Waals surface area contributed by atoms with Gasteiger partial charge in [-0.3, -0.25) is 13.7 Å². The van der Waals surface area contributed by atoms with Crippen LogP contribution < -0.4 is 0 Å². The molecule has 0 aromatic carbocycles. The van der Waals surface area contributed by atoms with Crippen LogP contribution in [0.25, 0.3) is 0 Å². The Morgan fingerprint density at radius 1 is 0.756 bits per heavy atom. The zero-order valence-electron chi connectivity index (χ0n) is 27.2. The highest BCUT2D eigenvalue weighted by atomic mass is 32.3. The summed E-state index contributed by atoms with van der Waals surface area (Å²) in [4.78, 5) is 0. The van der Waals surface area contributed by atoms with Crippen LogP contribution in [0.1, 0.15) is 99.8 Å². The average Bonchev–Trinajstić information content (AvgIpc) is 3.10. The first-order valence-corrected chi connectivity index (χ1v) is 20.0. The molecule has 0 aromatic rings. The Kier molecular flexibility index (Phi) is 10.4. The van der Waals surface area contributed by atoms with E-state index in [0.29, 0.717) is 24.7 Å². The fourth-order valence-corrected chi connectivity index (χ4v) is 11.7. The van der Waals surface area contributed by atoms with E-state index in [1.54, 1.807) is 0 Å². The van der Waals surface area contributed by atoms with Crippen LogP contribution in [0, 0.1) is 57.7 Å². The van der Waals surface area contributed by atoms with Gasteiger partial charge in [0.15, 0.2) is 0 Å². The Morgan fingerprint density at radius 3 is 1.82 bits per heavy atom. The summed E-state index contributed by atoms with van der Waals surface area (Å²) in [6.07, 6.45) is -1.24. The predicted molar refractivity (Wildman–Crippen MR) is 164 cm³/mol. The van der Waals surface area contributed by atoms with E-state index in [1.165, 1.54) is 0 Å². The number of aliphatic hydroxyl groups excluding tert-OH is 1. The molecule has 0 radical (unpaired) electrons. The molecular formula is C29H52O13S3. The van der Waals surface area contributed by atoms with Gasteiger partial charge in [0.05, 0.1) is 12.2 Å². The van der Waals surface area contributed by atoms with E-state index in [4.69, 9.17) is 12.5 Å². The van der Waals surface area contributed by atoms with Gasteiger partial charge in [0.1, 0.15) is 12.2 Å². The third-order valence-corrected chi connectivity index (χ3v) is 14.1.